The van der Waals surface area contributed by atoms with E-state index in [-0.39, 0.29) is 19.1 Å². The smallest absolute Gasteiger partial charge is 0.258 e. The number of amides is 1. The minimum absolute atomic E-state index is 0.139. The Kier molecular flexibility index (Phi) is 5.97. The fraction of sp³-hybridized carbons (Fsp3) is 0.318. The van der Waals surface area contributed by atoms with Crippen molar-refractivity contribution in [1.29, 1.82) is 0 Å². The molecule has 0 bridgehead atoms. The molecular formula is C22H24N4O3. The number of rotatable bonds is 7. The van der Waals surface area contributed by atoms with Gasteiger partial charge in [0.1, 0.15) is 11.3 Å². The summed E-state index contributed by atoms with van der Waals surface area (Å²) >= 11 is 0. The Morgan fingerprint density at radius 2 is 1.97 bits per heavy atom. The minimum atomic E-state index is -0.632. The van der Waals surface area contributed by atoms with E-state index in [9.17, 15) is 9.90 Å². The number of aliphatic hydroxyl groups is 1. The second-order valence-electron chi connectivity index (χ2n) is 7.18. The number of nitrogens with one attached hydrogen (secondary N) is 1. The van der Waals surface area contributed by atoms with Gasteiger partial charge in [0.05, 0.1) is 11.6 Å². The molecule has 7 nitrogen and oxygen atoms in total. The molecule has 0 radical (unpaired) electrons. The van der Waals surface area contributed by atoms with Gasteiger partial charge in [0.2, 0.25) is 0 Å². The molecule has 1 unspecified atom stereocenters. The van der Waals surface area contributed by atoms with Crippen LogP contribution in [0.3, 0.4) is 0 Å². The molecule has 0 spiro atoms. The van der Waals surface area contributed by atoms with E-state index in [1.165, 1.54) is 11.1 Å². The maximum atomic E-state index is 12.1. The Bertz CT molecular complexity index is 989. The standard InChI is InChI=1S/C22H24N4O3/c27-18(14-26-11-8-16-4-1-2-5-17(16)13-26)12-25-21(28)15-29-20-7-3-6-19-22(20)24-10-9-23-19/h1-7,9-10,18,27H,8,11-15H2,(H,25,28). The molecule has 2 heterocycles. The molecule has 2 N–H and O–H groups in total. The van der Waals surface area contributed by atoms with Crippen molar-refractivity contribution >= 4 is 16.9 Å². The van der Waals surface area contributed by atoms with Gasteiger partial charge in [-0.2, -0.15) is 0 Å². The Morgan fingerprint density at radius 3 is 2.86 bits per heavy atom. The van der Waals surface area contributed by atoms with Crippen molar-refractivity contribution in [2.24, 2.45) is 0 Å². The van der Waals surface area contributed by atoms with Crippen LogP contribution in [0.25, 0.3) is 11.0 Å². The van der Waals surface area contributed by atoms with Crippen LogP contribution in [0.4, 0.5) is 0 Å². The van der Waals surface area contributed by atoms with Crippen LogP contribution in [0.2, 0.25) is 0 Å². The van der Waals surface area contributed by atoms with Crippen LogP contribution in [0.1, 0.15) is 11.1 Å². The Balaban J connectivity index is 1.22. The van der Waals surface area contributed by atoms with Crippen molar-refractivity contribution in [1.82, 2.24) is 20.2 Å². The summed E-state index contributed by atoms with van der Waals surface area (Å²) in [5.41, 5.74) is 4.01. The first kappa shape index (κ1) is 19.3. The molecule has 7 heteroatoms. The first-order valence-electron chi connectivity index (χ1n) is 9.75. The van der Waals surface area contributed by atoms with Gasteiger partial charge in [-0.1, -0.05) is 30.3 Å². The van der Waals surface area contributed by atoms with Crippen LogP contribution < -0.4 is 10.1 Å². The van der Waals surface area contributed by atoms with Crippen molar-refractivity contribution in [2.75, 3.05) is 26.2 Å². The van der Waals surface area contributed by atoms with Crippen molar-refractivity contribution in [2.45, 2.75) is 19.1 Å². The number of fused-ring (bicyclic) bond motifs is 2. The quantitative estimate of drug-likeness (QED) is 0.634. The molecule has 29 heavy (non-hydrogen) atoms. The molecule has 1 amide bonds. The van der Waals surface area contributed by atoms with Gasteiger partial charge in [0, 0.05) is 38.6 Å². The lowest BCUT2D eigenvalue weighted by molar-refractivity contribution is -0.123. The third kappa shape index (κ3) is 4.88. The number of hydrogen-bond acceptors (Lipinski definition) is 6. The summed E-state index contributed by atoms with van der Waals surface area (Å²) in [5.74, 6) is 0.229. The predicted molar refractivity (Wildman–Crippen MR) is 109 cm³/mol. The highest BCUT2D eigenvalue weighted by molar-refractivity contribution is 5.82. The predicted octanol–water partition coefficient (Wildman–Crippen LogP) is 1.54. The van der Waals surface area contributed by atoms with Crippen LogP contribution in [0, 0.1) is 0 Å². The summed E-state index contributed by atoms with van der Waals surface area (Å²) in [6.07, 6.45) is 3.55. The number of aliphatic hydroxyl groups excluding tert-OH is 1. The first-order chi connectivity index (χ1) is 14.2. The molecule has 0 aliphatic carbocycles. The summed E-state index contributed by atoms with van der Waals surface area (Å²) in [4.78, 5) is 22.8. The second-order valence-corrected chi connectivity index (χ2v) is 7.18. The fourth-order valence-electron chi connectivity index (χ4n) is 3.58. The van der Waals surface area contributed by atoms with Crippen LogP contribution in [0.15, 0.2) is 54.9 Å². The molecule has 2 aromatic carbocycles. The van der Waals surface area contributed by atoms with Crippen LogP contribution >= 0.6 is 0 Å². The van der Waals surface area contributed by atoms with Gasteiger partial charge in [-0.25, -0.2) is 4.98 Å². The first-order valence-corrected chi connectivity index (χ1v) is 9.75. The van der Waals surface area contributed by atoms with Gasteiger partial charge in [-0.05, 0) is 29.7 Å². The zero-order chi connectivity index (χ0) is 20.1. The highest BCUT2D eigenvalue weighted by Crippen LogP contribution is 2.21. The Morgan fingerprint density at radius 1 is 1.14 bits per heavy atom. The largest absolute Gasteiger partial charge is 0.481 e. The molecular weight excluding hydrogens is 368 g/mol. The normalized spacial score (nSPS) is 14.9. The van der Waals surface area contributed by atoms with E-state index in [0.717, 1.165) is 19.5 Å². The number of para-hydroxylation sites is 1. The molecule has 0 saturated heterocycles. The average molecular weight is 392 g/mol. The third-order valence-corrected chi connectivity index (χ3v) is 5.03. The number of aromatic nitrogens is 2. The summed E-state index contributed by atoms with van der Waals surface area (Å²) in [6.45, 7) is 2.31. The van der Waals surface area contributed by atoms with E-state index in [1.54, 1.807) is 18.5 Å². The van der Waals surface area contributed by atoms with Crippen LogP contribution in [-0.2, 0) is 17.8 Å². The molecule has 1 aliphatic heterocycles. The number of nitrogens with zero attached hydrogens (tertiary/aromatic N) is 3. The summed E-state index contributed by atoms with van der Waals surface area (Å²) in [5, 5.41) is 13.0. The summed E-state index contributed by atoms with van der Waals surface area (Å²) < 4.78 is 5.60. The maximum Gasteiger partial charge on any atom is 0.258 e. The molecule has 1 aliphatic rings. The third-order valence-electron chi connectivity index (χ3n) is 5.03. The number of carbonyl (C=O) groups is 1. The second kappa shape index (κ2) is 8.98. The highest BCUT2D eigenvalue weighted by atomic mass is 16.5. The van der Waals surface area contributed by atoms with E-state index in [2.05, 4.69) is 38.4 Å². The molecule has 150 valence electrons. The van der Waals surface area contributed by atoms with Crippen LogP contribution in [0.5, 0.6) is 5.75 Å². The lowest BCUT2D eigenvalue weighted by atomic mass is 10.00. The molecule has 0 fully saturated rings. The van der Waals surface area contributed by atoms with Crippen LogP contribution in [-0.4, -0.2) is 58.2 Å². The van der Waals surface area contributed by atoms with Gasteiger partial charge in [0.15, 0.2) is 6.61 Å². The lowest BCUT2D eigenvalue weighted by Crippen LogP contribution is -2.42. The van der Waals surface area contributed by atoms with Crippen molar-refractivity contribution in [3.63, 3.8) is 0 Å². The van der Waals surface area contributed by atoms with E-state index < -0.39 is 6.10 Å². The van der Waals surface area contributed by atoms with E-state index in [4.69, 9.17) is 4.74 Å². The van der Waals surface area contributed by atoms with Gasteiger partial charge >= 0.3 is 0 Å². The van der Waals surface area contributed by atoms with E-state index >= 15 is 0 Å². The highest BCUT2D eigenvalue weighted by Gasteiger charge is 2.18. The van der Waals surface area contributed by atoms with E-state index in [1.807, 2.05) is 18.2 Å². The lowest BCUT2D eigenvalue weighted by Gasteiger charge is -2.30. The number of carbonyl (C=O) groups excluding carboxylic acids is 1. The molecule has 1 aromatic heterocycles. The monoisotopic (exact) mass is 392 g/mol. The Labute approximate surface area is 169 Å². The van der Waals surface area contributed by atoms with Crippen molar-refractivity contribution < 1.29 is 14.6 Å². The summed E-state index contributed by atoms with van der Waals surface area (Å²) in [6, 6.07) is 13.8. The van der Waals surface area contributed by atoms with Gasteiger partial charge in [-0.3, -0.25) is 14.7 Å². The topological polar surface area (TPSA) is 87.6 Å². The molecule has 3 aromatic rings. The van der Waals surface area contributed by atoms with Gasteiger partial charge in [0.25, 0.3) is 5.91 Å². The maximum absolute atomic E-state index is 12.1. The zero-order valence-corrected chi connectivity index (χ0v) is 16.1. The van der Waals surface area contributed by atoms with E-state index in [0.29, 0.717) is 23.3 Å². The summed E-state index contributed by atoms with van der Waals surface area (Å²) in [7, 11) is 0. The number of benzene rings is 2. The SMILES string of the molecule is O=C(COc1cccc2nccnc12)NCC(O)CN1CCc2ccccc2C1. The minimum Gasteiger partial charge on any atom is -0.481 e. The fourth-order valence-corrected chi connectivity index (χ4v) is 3.58. The average Bonchev–Trinajstić information content (AvgIpc) is 2.76. The number of ether oxygens (including phenoxy) is 1. The van der Waals surface area contributed by atoms with Crippen molar-refractivity contribution in [3.05, 3.63) is 66.0 Å². The molecule has 4 rings (SSSR count). The number of β-amino-alcohol motifs (C(OH)–C–C–N with tert-alkyl or cyclic N) is 1. The number of hydrogen-bond donors (Lipinski definition) is 2. The molecule has 1 atom stereocenters. The van der Waals surface area contributed by atoms with Gasteiger partial charge in [-0.15, -0.1) is 0 Å². The zero-order valence-electron chi connectivity index (χ0n) is 16.1. The van der Waals surface area contributed by atoms with Gasteiger partial charge < -0.3 is 15.2 Å². The molecule has 0 saturated carbocycles. The van der Waals surface area contributed by atoms with Crippen molar-refractivity contribution in [3.8, 4) is 5.75 Å². The Hall–Kier alpha value is -3.03.